The molecule has 1 fully saturated rings. The molecule has 26 heavy (non-hydrogen) atoms. The van der Waals surface area contributed by atoms with Crippen LogP contribution in [0.2, 0.25) is 0 Å². The van der Waals surface area contributed by atoms with Gasteiger partial charge in [-0.1, -0.05) is 58.4 Å². The van der Waals surface area contributed by atoms with E-state index in [0.29, 0.717) is 0 Å². The fourth-order valence-corrected chi connectivity index (χ4v) is 3.89. The fourth-order valence-electron chi connectivity index (χ4n) is 3.62. The predicted molar refractivity (Wildman–Crippen MR) is 101 cm³/mol. The van der Waals surface area contributed by atoms with E-state index < -0.39 is 17.9 Å². The Hall–Kier alpha value is -2.18. The predicted octanol–water partition coefficient (Wildman–Crippen LogP) is 3.21. The molecule has 1 N–H and O–H groups in total. The minimum atomic E-state index is -0.639. The molecule has 0 amide bonds. The molecule has 2 aromatic rings. The van der Waals surface area contributed by atoms with Gasteiger partial charge in [-0.05, 0) is 23.3 Å². The van der Waals surface area contributed by atoms with E-state index in [-0.39, 0.29) is 17.9 Å². The van der Waals surface area contributed by atoms with Gasteiger partial charge in [0.1, 0.15) is 6.04 Å². The molecular formula is C20H20BrNO4. The van der Waals surface area contributed by atoms with E-state index in [4.69, 9.17) is 9.47 Å². The van der Waals surface area contributed by atoms with Crippen LogP contribution in [-0.4, -0.2) is 32.2 Å². The Morgan fingerprint density at radius 2 is 1.50 bits per heavy atom. The lowest BCUT2D eigenvalue weighted by Crippen LogP contribution is -2.36. The number of carbonyl (C=O) groups is 2. The van der Waals surface area contributed by atoms with Crippen molar-refractivity contribution in [3.63, 3.8) is 0 Å². The van der Waals surface area contributed by atoms with E-state index in [1.54, 1.807) is 0 Å². The van der Waals surface area contributed by atoms with Gasteiger partial charge in [0.2, 0.25) is 0 Å². The normalized spacial score (nSPS) is 24.9. The van der Waals surface area contributed by atoms with Crippen molar-refractivity contribution in [2.45, 2.75) is 18.0 Å². The molecule has 1 saturated heterocycles. The molecule has 4 atom stereocenters. The van der Waals surface area contributed by atoms with Crippen LogP contribution in [0.25, 0.3) is 0 Å². The van der Waals surface area contributed by atoms with Crippen LogP contribution in [0.1, 0.15) is 23.1 Å². The third-order valence-electron chi connectivity index (χ3n) is 4.81. The van der Waals surface area contributed by atoms with Crippen LogP contribution in [0.3, 0.4) is 0 Å². The van der Waals surface area contributed by atoms with Crippen LogP contribution in [0.15, 0.2) is 59.1 Å². The molecule has 0 saturated carbocycles. The number of halogens is 1. The summed E-state index contributed by atoms with van der Waals surface area (Å²) >= 11 is 3.42. The average Bonchev–Trinajstić information content (AvgIpc) is 3.08. The Morgan fingerprint density at radius 3 is 2.08 bits per heavy atom. The number of hydrogen-bond donors (Lipinski definition) is 1. The van der Waals surface area contributed by atoms with Gasteiger partial charge in [0.05, 0.1) is 20.1 Å². The van der Waals surface area contributed by atoms with Crippen LogP contribution < -0.4 is 5.32 Å². The van der Waals surface area contributed by atoms with Crippen molar-refractivity contribution in [3.05, 3.63) is 70.2 Å². The van der Waals surface area contributed by atoms with Crippen molar-refractivity contribution >= 4 is 27.9 Å². The number of carbonyl (C=O) groups excluding carboxylic acids is 2. The number of rotatable bonds is 4. The average molecular weight is 418 g/mol. The monoisotopic (exact) mass is 417 g/mol. The second-order valence-electron chi connectivity index (χ2n) is 6.18. The second-order valence-corrected chi connectivity index (χ2v) is 7.10. The minimum Gasteiger partial charge on any atom is -0.469 e. The zero-order chi connectivity index (χ0) is 18.7. The van der Waals surface area contributed by atoms with Crippen LogP contribution in [-0.2, 0) is 19.1 Å². The molecule has 1 heterocycles. The first-order valence-electron chi connectivity index (χ1n) is 8.29. The molecule has 1 aliphatic heterocycles. The van der Waals surface area contributed by atoms with Crippen molar-refractivity contribution < 1.29 is 19.1 Å². The van der Waals surface area contributed by atoms with E-state index in [0.717, 1.165) is 15.6 Å². The molecule has 3 rings (SSSR count). The summed E-state index contributed by atoms with van der Waals surface area (Å²) in [6.45, 7) is 0. The maximum Gasteiger partial charge on any atom is 0.323 e. The number of ether oxygens (including phenoxy) is 2. The molecule has 2 aromatic carbocycles. The van der Waals surface area contributed by atoms with Gasteiger partial charge >= 0.3 is 11.9 Å². The Kier molecular flexibility index (Phi) is 5.74. The lowest BCUT2D eigenvalue weighted by Gasteiger charge is -2.23. The van der Waals surface area contributed by atoms with Gasteiger partial charge in [-0.15, -0.1) is 0 Å². The van der Waals surface area contributed by atoms with Crippen LogP contribution >= 0.6 is 15.9 Å². The summed E-state index contributed by atoms with van der Waals surface area (Å²) in [4.78, 5) is 25.1. The number of benzene rings is 2. The number of esters is 2. The lowest BCUT2D eigenvalue weighted by atomic mass is 9.80. The molecule has 0 aliphatic carbocycles. The highest BCUT2D eigenvalue weighted by Gasteiger charge is 2.51. The molecular weight excluding hydrogens is 398 g/mol. The zero-order valence-electron chi connectivity index (χ0n) is 14.5. The molecule has 0 aromatic heterocycles. The lowest BCUT2D eigenvalue weighted by molar-refractivity contribution is -0.146. The Bertz CT molecular complexity index is 778. The Labute approximate surface area is 160 Å². The molecule has 5 nitrogen and oxygen atoms in total. The van der Waals surface area contributed by atoms with E-state index >= 15 is 0 Å². The number of methoxy groups -OCH3 is 2. The molecule has 6 heteroatoms. The maximum atomic E-state index is 12.7. The SMILES string of the molecule is COC(=O)[C@@H]1[C@@H](c2ccccc2)[C@H](C(=O)OC)N[C@@H]1c1ccc(Br)cc1. The van der Waals surface area contributed by atoms with Crippen molar-refractivity contribution in [3.8, 4) is 0 Å². The van der Waals surface area contributed by atoms with Gasteiger partial charge < -0.3 is 9.47 Å². The highest BCUT2D eigenvalue weighted by Crippen LogP contribution is 2.44. The van der Waals surface area contributed by atoms with Gasteiger partial charge in [0.25, 0.3) is 0 Å². The van der Waals surface area contributed by atoms with Crippen molar-refractivity contribution in [1.29, 1.82) is 0 Å². The highest BCUT2D eigenvalue weighted by atomic mass is 79.9. The topological polar surface area (TPSA) is 64.6 Å². The Morgan fingerprint density at radius 1 is 0.885 bits per heavy atom. The van der Waals surface area contributed by atoms with Gasteiger partial charge in [-0.25, -0.2) is 0 Å². The molecule has 0 bridgehead atoms. The molecule has 136 valence electrons. The van der Waals surface area contributed by atoms with Crippen molar-refractivity contribution in [2.75, 3.05) is 14.2 Å². The standard InChI is InChI=1S/C20H20BrNO4/c1-25-19(23)16-15(12-6-4-3-5-7-12)18(20(24)26-2)22-17(16)13-8-10-14(21)11-9-13/h3-11,15-18,22H,1-2H3/t15-,16-,17-,18-/m1/s1. The Balaban J connectivity index is 2.09. The molecule has 0 unspecified atom stereocenters. The quantitative estimate of drug-likeness (QED) is 0.773. The summed E-state index contributed by atoms with van der Waals surface area (Å²) in [7, 11) is 2.72. The van der Waals surface area contributed by atoms with Crippen molar-refractivity contribution in [1.82, 2.24) is 5.32 Å². The highest BCUT2D eigenvalue weighted by molar-refractivity contribution is 9.10. The van der Waals surface area contributed by atoms with Crippen molar-refractivity contribution in [2.24, 2.45) is 5.92 Å². The first-order valence-corrected chi connectivity index (χ1v) is 9.08. The first kappa shape index (κ1) is 18.6. The summed E-state index contributed by atoms with van der Waals surface area (Å²) in [5, 5.41) is 3.30. The molecule has 0 radical (unpaired) electrons. The van der Waals surface area contributed by atoms with E-state index in [1.165, 1.54) is 14.2 Å². The van der Waals surface area contributed by atoms with Gasteiger partial charge in [0.15, 0.2) is 0 Å². The zero-order valence-corrected chi connectivity index (χ0v) is 16.1. The summed E-state index contributed by atoms with van der Waals surface area (Å²) in [6.07, 6.45) is 0. The summed E-state index contributed by atoms with van der Waals surface area (Å²) in [6, 6.07) is 16.2. The van der Waals surface area contributed by atoms with Gasteiger partial charge in [-0.2, -0.15) is 0 Å². The summed E-state index contributed by atoms with van der Waals surface area (Å²) in [5.74, 6) is -1.68. The van der Waals surface area contributed by atoms with Gasteiger partial charge in [0, 0.05) is 16.4 Å². The largest absolute Gasteiger partial charge is 0.469 e. The van der Waals surface area contributed by atoms with Crippen LogP contribution in [0, 0.1) is 5.92 Å². The molecule has 0 spiro atoms. The first-order chi connectivity index (χ1) is 12.6. The third-order valence-corrected chi connectivity index (χ3v) is 5.33. The molecule has 1 aliphatic rings. The fraction of sp³-hybridized carbons (Fsp3) is 0.300. The van der Waals surface area contributed by atoms with E-state index in [1.807, 2.05) is 54.6 Å². The minimum absolute atomic E-state index is 0.356. The number of nitrogens with one attached hydrogen (secondary N) is 1. The van der Waals surface area contributed by atoms with E-state index in [2.05, 4.69) is 21.2 Å². The second kappa shape index (κ2) is 8.01. The summed E-state index contributed by atoms with van der Waals surface area (Å²) in [5.41, 5.74) is 1.81. The van der Waals surface area contributed by atoms with Gasteiger partial charge in [-0.3, -0.25) is 14.9 Å². The summed E-state index contributed by atoms with van der Waals surface area (Å²) < 4.78 is 11.0. The third kappa shape index (κ3) is 3.52. The number of hydrogen-bond acceptors (Lipinski definition) is 5. The smallest absolute Gasteiger partial charge is 0.323 e. The van der Waals surface area contributed by atoms with E-state index in [9.17, 15) is 9.59 Å². The maximum absolute atomic E-state index is 12.7. The van der Waals surface area contributed by atoms with Crippen LogP contribution in [0.4, 0.5) is 0 Å². The van der Waals surface area contributed by atoms with Crippen LogP contribution in [0.5, 0.6) is 0 Å².